The lowest BCUT2D eigenvalue weighted by atomic mass is 9.70. The Morgan fingerprint density at radius 1 is 1.02 bits per heavy atom. The van der Waals surface area contributed by atoms with Crippen molar-refractivity contribution >= 4 is 45.0 Å². The molecule has 42 heavy (non-hydrogen) atoms. The van der Waals surface area contributed by atoms with Crippen LogP contribution in [0.4, 0.5) is 11.4 Å². The van der Waals surface area contributed by atoms with Gasteiger partial charge in [0.1, 0.15) is 11.6 Å². The van der Waals surface area contributed by atoms with E-state index in [2.05, 4.69) is 26.6 Å². The summed E-state index contributed by atoms with van der Waals surface area (Å²) in [5.74, 6) is -2.75. The molecule has 2 bridgehead atoms. The minimum atomic E-state index is -1.24. The molecular weight excluding hydrogens is 598 g/mol. The van der Waals surface area contributed by atoms with Crippen molar-refractivity contribution in [3.8, 4) is 0 Å². The van der Waals surface area contributed by atoms with Crippen LogP contribution in [0.25, 0.3) is 0 Å². The number of carbonyl (C=O) groups is 3. The summed E-state index contributed by atoms with van der Waals surface area (Å²) < 4.78 is 6.63. The number of hydrogen-bond donors (Lipinski definition) is 3. The molecule has 3 aromatic rings. The molecule has 8 nitrogen and oxygen atoms in total. The standard InChI is InChI=1S/C33H34BrN3O5/c1-19-13-14-20(2)25(15-19)36-31(40)29-33-17-24(34)28(42-33)26(30(39)35-22-11-7-4-8-12-22)27(33)32(41)37(29)23(18-38)16-21-9-5-3-6-10-21/h3-15,23-24,26-29,38H,16-18H2,1-2H3,(H,35,39)(H,36,40)/t23-,24?,26+,27+,28+,29?,33?/m1/s1. The SMILES string of the molecule is Cc1ccc(C)c(NC(=O)C2N([C@@H](CO)Cc3ccccc3)C(=O)[C@@H]3[C@H](C(=O)Nc4ccccc4)[C@H]4OC23CC4Br)c1. The number of carbonyl (C=O) groups excluding carboxylic acids is 3. The molecule has 6 rings (SSSR count). The number of alkyl halides is 1. The van der Waals surface area contributed by atoms with Crippen molar-refractivity contribution in [3.05, 3.63) is 95.6 Å². The quantitative estimate of drug-likeness (QED) is 0.323. The Kier molecular flexibility index (Phi) is 7.68. The van der Waals surface area contributed by atoms with Gasteiger partial charge in [-0.05, 0) is 61.6 Å². The van der Waals surface area contributed by atoms with Gasteiger partial charge in [0.25, 0.3) is 0 Å². The van der Waals surface area contributed by atoms with E-state index in [1.807, 2.05) is 80.6 Å². The van der Waals surface area contributed by atoms with Gasteiger partial charge in [0.05, 0.1) is 30.6 Å². The Balaban J connectivity index is 1.40. The molecule has 3 unspecified atom stereocenters. The number of likely N-dealkylation sites (tertiary alicyclic amines) is 1. The smallest absolute Gasteiger partial charge is 0.250 e. The molecule has 3 fully saturated rings. The fourth-order valence-electron chi connectivity index (χ4n) is 7.02. The number of halogens is 1. The van der Waals surface area contributed by atoms with Gasteiger partial charge in [-0.3, -0.25) is 14.4 Å². The molecule has 7 atom stereocenters. The van der Waals surface area contributed by atoms with Gasteiger partial charge in [-0.15, -0.1) is 0 Å². The minimum absolute atomic E-state index is 0.231. The second-order valence-electron chi connectivity index (χ2n) is 11.6. The van der Waals surface area contributed by atoms with Crippen molar-refractivity contribution in [2.75, 3.05) is 17.2 Å². The second kappa shape index (κ2) is 11.3. The predicted octanol–water partition coefficient (Wildman–Crippen LogP) is 4.23. The maximum atomic E-state index is 14.5. The first-order valence-corrected chi connectivity index (χ1v) is 15.2. The number of para-hydroxylation sites is 1. The number of nitrogens with one attached hydrogen (secondary N) is 2. The summed E-state index contributed by atoms with van der Waals surface area (Å²) in [5, 5.41) is 16.7. The maximum absolute atomic E-state index is 14.5. The molecule has 3 heterocycles. The van der Waals surface area contributed by atoms with Gasteiger partial charge in [-0.1, -0.05) is 76.6 Å². The summed E-state index contributed by atoms with van der Waals surface area (Å²) >= 11 is 3.72. The minimum Gasteiger partial charge on any atom is -0.394 e. The summed E-state index contributed by atoms with van der Waals surface area (Å²) in [5.41, 5.74) is 2.83. The van der Waals surface area contributed by atoms with Crippen LogP contribution in [0.3, 0.4) is 0 Å². The summed E-state index contributed by atoms with van der Waals surface area (Å²) in [6, 6.07) is 22.7. The molecule has 1 spiro atoms. The number of ether oxygens (including phenoxy) is 1. The molecule has 3 saturated heterocycles. The van der Waals surface area contributed by atoms with Crippen LogP contribution in [0.15, 0.2) is 78.9 Å². The Hall–Kier alpha value is -3.53. The summed E-state index contributed by atoms with van der Waals surface area (Å²) in [6.45, 7) is 3.51. The highest BCUT2D eigenvalue weighted by molar-refractivity contribution is 9.09. The number of aliphatic hydroxyl groups is 1. The third kappa shape index (κ3) is 4.83. The summed E-state index contributed by atoms with van der Waals surface area (Å²) in [6.07, 6.45) is 0.150. The van der Waals surface area contributed by atoms with Crippen LogP contribution in [0.2, 0.25) is 0 Å². The van der Waals surface area contributed by atoms with E-state index >= 15 is 0 Å². The zero-order valence-electron chi connectivity index (χ0n) is 23.5. The van der Waals surface area contributed by atoms with E-state index in [0.29, 0.717) is 24.2 Å². The zero-order chi connectivity index (χ0) is 29.6. The van der Waals surface area contributed by atoms with E-state index in [1.165, 1.54) is 4.90 Å². The van der Waals surface area contributed by atoms with Crippen molar-refractivity contribution in [2.45, 2.75) is 55.3 Å². The number of nitrogens with zero attached hydrogens (tertiary/aromatic N) is 1. The fourth-order valence-corrected chi connectivity index (χ4v) is 7.96. The second-order valence-corrected chi connectivity index (χ2v) is 12.8. The molecule has 0 aliphatic carbocycles. The average molecular weight is 633 g/mol. The first kappa shape index (κ1) is 28.6. The van der Waals surface area contributed by atoms with Crippen molar-refractivity contribution < 1.29 is 24.2 Å². The molecule has 3 aliphatic rings. The molecule has 0 aromatic heterocycles. The third-order valence-electron chi connectivity index (χ3n) is 8.89. The molecule has 9 heteroatoms. The van der Waals surface area contributed by atoms with Gasteiger partial charge in [-0.2, -0.15) is 0 Å². The monoisotopic (exact) mass is 631 g/mol. The van der Waals surface area contributed by atoms with E-state index in [9.17, 15) is 19.5 Å². The van der Waals surface area contributed by atoms with Gasteiger partial charge in [0, 0.05) is 16.2 Å². The largest absolute Gasteiger partial charge is 0.394 e. The highest BCUT2D eigenvalue weighted by Gasteiger charge is 2.77. The normalized spacial score (nSPS) is 28.4. The Morgan fingerprint density at radius 2 is 1.71 bits per heavy atom. The van der Waals surface area contributed by atoms with Crippen molar-refractivity contribution in [1.82, 2.24) is 4.90 Å². The van der Waals surface area contributed by atoms with Crippen LogP contribution in [0, 0.1) is 25.7 Å². The molecule has 218 valence electrons. The van der Waals surface area contributed by atoms with Gasteiger partial charge >= 0.3 is 0 Å². The van der Waals surface area contributed by atoms with Crippen LogP contribution in [-0.4, -0.2) is 63.0 Å². The Bertz CT molecular complexity index is 1500. The maximum Gasteiger partial charge on any atom is 0.250 e. The molecular formula is C33H34BrN3O5. The first-order valence-electron chi connectivity index (χ1n) is 14.3. The molecule has 3 amide bonds. The van der Waals surface area contributed by atoms with Crippen molar-refractivity contribution in [3.63, 3.8) is 0 Å². The number of aliphatic hydroxyl groups excluding tert-OH is 1. The zero-order valence-corrected chi connectivity index (χ0v) is 25.1. The molecule has 0 saturated carbocycles. The summed E-state index contributed by atoms with van der Waals surface area (Å²) in [7, 11) is 0. The van der Waals surface area contributed by atoms with Crippen LogP contribution < -0.4 is 10.6 Å². The molecule has 3 aliphatic heterocycles. The number of benzene rings is 3. The van der Waals surface area contributed by atoms with E-state index in [1.54, 1.807) is 12.1 Å². The Labute approximate surface area is 253 Å². The van der Waals surface area contributed by atoms with E-state index in [4.69, 9.17) is 4.74 Å². The van der Waals surface area contributed by atoms with Crippen LogP contribution in [0.1, 0.15) is 23.1 Å². The molecule has 3 N–H and O–H groups in total. The highest BCUT2D eigenvalue weighted by atomic mass is 79.9. The molecule has 0 radical (unpaired) electrons. The number of rotatable bonds is 8. The molecule has 3 aromatic carbocycles. The third-order valence-corrected chi connectivity index (χ3v) is 9.73. The van der Waals surface area contributed by atoms with Crippen LogP contribution in [0.5, 0.6) is 0 Å². The number of hydrogen-bond acceptors (Lipinski definition) is 5. The first-order chi connectivity index (χ1) is 20.2. The van der Waals surface area contributed by atoms with E-state index < -0.39 is 41.5 Å². The van der Waals surface area contributed by atoms with Crippen LogP contribution >= 0.6 is 15.9 Å². The lowest BCUT2D eigenvalue weighted by Crippen LogP contribution is -2.57. The predicted molar refractivity (Wildman–Crippen MR) is 163 cm³/mol. The van der Waals surface area contributed by atoms with Crippen molar-refractivity contribution in [2.24, 2.45) is 11.8 Å². The lowest BCUT2D eigenvalue weighted by molar-refractivity contribution is -0.143. The number of amides is 3. The fraction of sp³-hybridized carbons (Fsp3) is 0.364. The number of aryl methyl sites for hydroxylation is 2. The van der Waals surface area contributed by atoms with Crippen LogP contribution in [-0.2, 0) is 25.5 Å². The van der Waals surface area contributed by atoms with Gasteiger partial charge < -0.3 is 25.4 Å². The lowest BCUT2D eigenvalue weighted by Gasteiger charge is -2.37. The summed E-state index contributed by atoms with van der Waals surface area (Å²) in [4.78, 5) is 43.9. The van der Waals surface area contributed by atoms with Crippen molar-refractivity contribution in [1.29, 1.82) is 0 Å². The van der Waals surface area contributed by atoms with E-state index in [0.717, 1.165) is 16.7 Å². The Morgan fingerprint density at radius 3 is 2.40 bits per heavy atom. The van der Waals surface area contributed by atoms with Gasteiger partial charge in [0.2, 0.25) is 17.7 Å². The number of fused-ring (bicyclic) bond motifs is 1. The topological polar surface area (TPSA) is 108 Å². The van der Waals surface area contributed by atoms with Gasteiger partial charge in [0.15, 0.2) is 0 Å². The highest BCUT2D eigenvalue weighted by Crippen LogP contribution is 2.60. The average Bonchev–Trinajstić information content (AvgIpc) is 3.58. The van der Waals surface area contributed by atoms with E-state index in [-0.39, 0.29) is 23.2 Å². The van der Waals surface area contributed by atoms with Gasteiger partial charge in [-0.25, -0.2) is 0 Å². The number of anilines is 2.